The lowest BCUT2D eigenvalue weighted by atomic mass is 9.83. The Morgan fingerprint density at radius 2 is 1.94 bits per heavy atom. The molecule has 1 rings (SSSR count). The van der Waals surface area contributed by atoms with Crippen LogP contribution in [0.2, 0.25) is 0 Å². The first-order valence-corrected chi connectivity index (χ1v) is 8.35. The average molecular weight is 243 g/mol. The fourth-order valence-electron chi connectivity index (χ4n) is 2.79. The molecule has 1 fully saturated rings. The van der Waals surface area contributed by atoms with Gasteiger partial charge in [0.2, 0.25) is 0 Å². The predicted octanol–water partition coefficient (Wildman–Crippen LogP) is 4.08. The van der Waals surface area contributed by atoms with E-state index in [1.54, 1.807) is 0 Å². The molecule has 0 aliphatic heterocycles. The summed E-state index contributed by atoms with van der Waals surface area (Å²) in [5, 5.41) is 3.78. The predicted molar refractivity (Wildman–Crippen MR) is 76.3 cm³/mol. The van der Waals surface area contributed by atoms with Gasteiger partial charge in [0.1, 0.15) is 0 Å². The Bertz CT molecular complexity index is 155. The van der Waals surface area contributed by atoms with Crippen molar-refractivity contribution >= 4 is 11.8 Å². The molecule has 0 aromatic rings. The van der Waals surface area contributed by atoms with Gasteiger partial charge in [0.25, 0.3) is 0 Å². The van der Waals surface area contributed by atoms with Crippen molar-refractivity contribution in [2.75, 3.05) is 18.1 Å². The molecule has 16 heavy (non-hydrogen) atoms. The van der Waals surface area contributed by atoms with E-state index in [2.05, 4.69) is 30.9 Å². The van der Waals surface area contributed by atoms with E-state index < -0.39 is 0 Å². The van der Waals surface area contributed by atoms with Crippen molar-refractivity contribution in [2.24, 2.45) is 5.92 Å². The van der Waals surface area contributed by atoms with E-state index in [4.69, 9.17) is 0 Å². The van der Waals surface area contributed by atoms with Gasteiger partial charge in [0, 0.05) is 6.04 Å². The van der Waals surface area contributed by atoms with Crippen LogP contribution in [0.4, 0.5) is 0 Å². The van der Waals surface area contributed by atoms with Gasteiger partial charge in [0.15, 0.2) is 0 Å². The molecule has 0 saturated heterocycles. The van der Waals surface area contributed by atoms with E-state index in [-0.39, 0.29) is 0 Å². The summed E-state index contributed by atoms with van der Waals surface area (Å²) in [5.41, 5.74) is 0. The lowest BCUT2D eigenvalue weighted by molar-refractivity contribution is 0.263. The molecule has 0 heterocycles. The van der Waals surface area contributed by atoms with E-state index in [1.807, 2.05) is 0 Å². The number of hydrogen-bond acceptors (Lipinski definition) is 2. The van der Waals surface area contributed by atoms with Crippen molar-refractivity contribution in [3.8, 4) is 0 Å². The van der Waals surface area contributed by atoms with Crippen LogP contribution in [-0.2, 0) is 0 Å². The first-order valence-electron chi connectivity index (χ1n) is 7.19. The summed E-state index contributed by atoms with van der Waals surface area (Å²) in [7, 11) is 0. The summed E-state index contributed by atoms with van der Waals surface area (Å²) in [5.74, 6) is 3.56. The zero-order valence-corrected chi connectivity index (χ0v) is 12.0. The zero-order chi connectivity index (χ0) is 11.6. The average Bonchev–Trinajstić information content (AvgIpc) is 2.35. The summed E-state index contributed by atoms with van der Waals surface area (Å²) < 4.78 is 0. The highest BCUT2D eigenvalue weighted by Gasteiger charge is 2.21. The quantitative estimate of drug-likeness (QED) is 0.645. The molecule has 1 unspecified atom stereocenters. The van der Waals surface area contributed by atoms with Crippen LogP contribution in [0.3, 0.4) is 0 Å². The van der Waals surface area contributed by atoms with Crippen molar-refractivity contribution < 1.29 is 0 Å². The second-order valence-electron chi connectivity index (χ2n) is 4.92. The first kappa shape index (κ1) is 14.4. The maximum atomic E-state index is 3.78. The molecule has 2 heteroatoms. The Morgan fingerprint density at radius 1 is 1.19 bits per heavy atom. The smallest absolute Gasteiger partial charge is 0.00927 e. The van der Waals surface area contributed by atoms with Crippen molar-refractivity contribution in [1.82, 2.24) is 5.32 Å². The molecular formula is C14H29NS. The zero-order valence-electron chi connectivity index (χ0n) is 11.1. The van der Waals surface area contributed by atoms with Crippen LogP contribution in [0.25, 0.3) is 0 Å². The SMILES string of the molecule is CCSCCCNC(CC)C1CCCCC1. The summed E-state index contributed by atoms with van der Waals surface area (Å²) >= 11 is 2.06. The number of rotatable bonds is 8. The maximum Gasteiger partial charge on any atom is 0.00927 e. The Labute approximate surface area is 106 Å². The molecule has 1 nitrogen and oxygen atoms in total. The van der Waals surface area contributed by atoms with Crippen LogP contribution in [0.15, 0.2) is 0 Å². The second-order valence-corrected chi connectivity index (χ2v) is 6.31. The van der Waals surface area contributed by atoms with Crippen LogP contribution >= 0.6 is 11.8 Å². The minimum absolute atomic E-state index is 0.798. The third kappa shape index (κ3) is 5.58. The van der Waals surface area contributed by atoms with Gasteiger partial charge in [-0.1, -0.05) is 33.1 Å². The molecule has 0 spiro atoms. The van der Waals surface area contributed by atoms with Gasteiger partial charge >= 0.3 is 0 Å². The van der Waals surface area contributed by atoms with Gasteiger partial charge in [-0.05, 0) is 49.7 Å². The van der Waals surface area contributed by atoms with Crippen molar-refractivity contribution in [1.29, 1.82) is 0 Å². The summed E-state index contributed by atoms with van der Waals surface area (Å²) in [6.45, 7) is 5.81. The van der Waals surface area contributed by atoms with E-state index in [0.717, 1.165) is 12.0 Å². The highest BCUT2D eigenvalue weighted by atomic mass is 32.2. The van der Waals surface area contributed by atoms with Gasteiger partial charge in [-0.25, -0.2) is 0 Å². The maximum absolute atomic E-state index is 3.78. The van der Waals surface area contributed by atoms with Crippen LogP contribution in [0.5, 0.6) is 0 Å². The Hall–Kier alpha value is 0.310. The van der Waals surface area contributed by atoms with Crippen LogP contribution in [0.1, 0.15) is 58.8 Å². The lowest BCUT2D eigenvalue weighted by Gasteiger charge is -2.30. The molecule has 96 valence electrons. The Balaban J connectivity index is 2.10. The molecule has 0 bridgehead atoms. The third-order valence-corrected chi connectivity index (χ3v) is 4.72. The summed E-state index contributed by atoms with van der Waals surface area (Å²) in [4.78, 5) is 0. The molecule has 0 radical (unpaired) electrons. The van der Waals surface area contributed by atoms with E-state index in [9.17, 15) is 0 Å². The van der Waals surface area contributed by atoms with E-state index in [0.29, 0.717) is 0 Å². The van der Waals surface area contributed by atoms with E-state index in [1.165, 1.54) is 63.0 Å². The summed E-state index contributed by atoms with van der Waals surface area (Å²) in [6.07, 6.45) is 9.99. The van der Waals surface area contributed by atoms with Gasteiger partial charge < -0.3 is 5.32 Å². The molecule has 1 aliphatic carbocycles. The van der Waals surface area contributed by atoms with Crippen LogP contribution in [0, 0.1) is 5.92 Å². The molecule has 1 atom stereocenters. The molecule has 1 N–H and O–H groups in total. The molecule has 1 saturated carbocycles. The lowest BCUT2D eigenvalue weighted by Crippen LogP contribution is -2.37. The van der Waals surface area contributed by atoms with Crippen LogP contribution in [-0.4, -0.2) is 24.1 Å². The van der Waals surface area contributed by atoms with Crippen molar-refractivity contribution in [3.05, 3.63) is 0 Å². The third-order valence-electron chi connectivity index (χ3n) is 3.73. The van der Waals surface area contributed by atoms with Gasteiger partial charge in [0.05, 0.1) is 0 Å². The number of thioether (sulfide) groups is 1. The van der Waals surface area contributed by atoms with Gasteiger partial charge in [-0.2, -0.15) is 11.8 Å². The molecule has 0 aromatic heterocycles. The van der Waals surface area contributed by atoms with Gasteiger partial charge in [-0.3, -0.25) is 0 Å². The molecule has 0 aromatic carbocycles. The standard InChI is InChI=1S/C14H29NS/c1-3-14(13-9-6-5-7-10-13)15-11-8-12-16-4-2/h13-15H,3-12H2,1-2H3. The van der Waals surface area contributed by atoms with Gasteiger partial charge in [-0.15, -0.1) is 0 Å². The minimum Gasteiger partial charge on any atom is -0.314 e. The van der Waals surface area contributed by atoms with Crippen molar-refractivity contribution in [2.45, 2.75) is 64.8 Å². The minimum atomic E-state index is 0.798. The second kappa shape index (κ2) is 9.35. The highest BCUT2D eigenvalue weighted by Crippen LogP contribution is 2.27. The molecular weight excluding hydrogens is 214 g/mol. The topological polar surface area (TPSA) is 12.0 Å². The van der Waals surface area contributed by atoms with Crippen molar-refractivity contribution in [3.63, 3.8) is 0 Å². The van der Waals surface area contributed by atoms with Crippen LogP contribution < -0.4 is 5.32 Å². The fraction of sp³-hybridized carbons (Fsp3) is 1.00. The largest absolute Gasteiger partial charge is 0.314 e. The Morgan fingerprint density at radius 3 is 2.56 bits per heavy atom. The summed E-state index contributed by atoms with van der Waals surface area (Å²) in [6, 6.07) is 0.798. The first-order chi connectivity index (χ1) is 7.88. The molecule has 1 aliphatic rings. The monoisotopic (exact) mass is 243 g/mol. The Kier molecular flexibility index (Phi) is 8.40. The number of nitrogens with one attached hydrogen (secondary N) is 1. The number of hydrogen-bond donors (Lipinski definition) is 1. The normalized spacial score (nSPS) is 19.9. The highest BCUT2D eigenvalue weighted by molar-refractivity contribution is 7.99. The molecule has 0 amide bonds. The fourth-order valence-corrected chi connectivity index (χ4v) is 3.42. The van der Waals surface area contributed by atoms with E-state index >= 15 is 0 Å².